The highest BCUT2D eigenvalue weighted by atomic mass is 35.5. The number of halogens is 1. The van der Waals surface area contributed by atoms with Crippen LogP contribution in [0.25, 0.3) is 10.9 Å². The van der Waals surface area contributed by atoms with Crippen molar-refractivity contribution in [1.29, 1.82) is 0 Å². The van der Waals surface area contributed by atoms with Gasteiger partial charge in [0, 0.05) is 30.0 Å². The van der Waals surface area contributed by atoms with Crippen LogP contribution in [-0.2, 0) is 0 Å². The minimum atomic E-state index is 0.343. The number of fused-ring (bicyclic) bond motifs is 1. The molecule has 0 N–H and O–H groups in total. The van der Waals surface area contributed by atoms with Crippen molar-refractivity contribution in [1.82, 2.24) is 9.97 Å². The van der Waals surface area contributed by atoms with Crippen LogP contribution in [0.5, 0.6) is 0 Å². The van der Waals surface area contributed by atoms with E-state index in [0.29, 0.717) is 11.9 Å². The summed E-state index contributed by atoms with van der Waals surface area (Å²) in [4.78, 5) is 11.1. The fourth-order valence-corrected chi connectivity index (χ4v) is 1.96. The van der Waals surface area contributed by atoms with Gasteiger partial charge in [0.25, 0.3) is 0 Å². The molecule has 1 aromatic heterocycles. The summed E-state index contributed by atoms with van der Waals surface area (Å²) < 4.78 is 0. The average molecular weight is 250 g/mol. The molecule has 2 rings (SSSR count). The first kappa shape index (κ1) is 12.1. The van der Waals surface area contributed by atoms with Gasteiger partial charge in [-0.25, -0.2) is 9.97 Å². The summed E-state index contributed by atoms with van der Waals surface area (Å²) in [7, 11) is 0. The molecule has 0 aliphatic carbocycles. The van der Waals surface area contributed by atoms with Crippen molar-refractivity contribution in [3.8, 4) is 0 Å². The molecule has 0 spiro atoms. The summed E-state index contributed by atoms with van der Waals surface area (Å²) >= 11 is 5.81. The van der Waals surface area contributed by atoms with Gasteiger partial charge < -0.3 is 4.90 Å². The van der Waals surface area contributed by atoms with Gasteiger partial charge in [-0.2, -0.15) is 0 Å². The lowest BCUT2D eigenvalue weighted by Crippen LogP contribution is -2.34. The number of nitrogens with zero attached hydrogens (tertiary/aromatic N) is 3. The van der Waals surface area contributed by atoms with Gasteiger partial charge in [0.05, 0.1) is 5.52 Å². The van der Waals surface area contributed by atoms with Gasteiger partial charge in [-0.1, -0.05) is 18.2 Å². The highest BCUT2D eigenvalue weighted by Gasteiger charge is 2.12. The van der Waals surface area contributed by atoms with Gasteiger partial charge >= 0.3 is 0 Å². The number of aromatic nitrogens is 2. The Hall–Kier alpha value is -1.35. The highest BCUT2D eigenvalue weighted by Crippen LogP contribution is 2.16. The standard InChI is InChI=1S/C13H16ClN3/c1-10(2)17(8-7-14)13-15-9-11-5-3-4-6-12(11)16-13/h3-6,9-10H,7-8H2,1-2H3. The SMILES string of the molecule is CC(C)N(CCCl)c1ncc2ccccc2n1. The molecule has 0 saturated heterocycles. The first-order valence-corrected chi connectivity index (χ1v) is 6.30. The third-order valence-electron chi connectivity index (χ3n) is 2.68. The van der Waals surface area contributed by atoms with Crippen LogP contribution in [0.2, 0.25) is 0 Å². The van der Waals surface area contributed by atoms with Crippen LogP contribution < -0.4 is 4.90 Å². The maximum Gasteiger partial charge on any atom is 0.226 e. The molecule has 90 valence electrons. The van der Waals surface area contributed by atoms with Gasteiger partial charge in [0.15, 0.2) is 0 Å². The topological polar surface area (TPSA) is 29.0 Å². The van der Waals surface area contributed by atoms with Gasteiger partial charge in [-0.3, -0.25) is 0 Å². The van der Waals surface area contributed by atoms with Crippen molar-refractivity contribution in [2.45, 2.75) is 19.9 Å². The molecule has 3 nitrogen and oxygen atoms in total. The molecule has 0 unspecified atom stereocenters. The van der Waals surface area contributed by atoms with Crippen molar-refractivity contribution in [3.63, 3.8) is 0 Å². The van der Waals surface area contributed by atoms with E-state index in [9.17, 15) is 0 Å². The van der Waals surface area contributed by atoms with Crippen LogP contribution >= 0.6 is 11.6 Å². The molecule has 0 aliphatic heterocycles. The normalized spacial score (nSPS) is 11.1. The maximum atomic E-state index is 5.81. The first-order chi connectivity index (χ1) is 8.22. The van der Waals surface area contributed by atoms with E-state index < -0.39 is 0 Å². The summed E-state index contributed by atoms with van der Waals surface area (Å²) in [6.07, 6.45) is 1.86. The molecule has 4 heteroatoms. The van der Waals surface area contributed by atoms with Gasteiger partial charge in [0.2, 0.25) is 5.95 Å². The predicted octanol–water partition coefficient (Wildman–Crippen LogP) is 3.08. The molecule has 0 amide bonds. The van der Waals surface area contributed by atoms with Crippen molar-refractivity contribution in [3.05, 3.63) is 30.5 Å². The van der Waals surface area contributed by atoms with E-state index in [4.69, 9.17) is 11.6 Å². The van der Waals surface area contributed by atoms with E-state index in [0.717, 1.165) is 23.4 Å². The smallest absolute Gasteiger partial charge is 0.226 e. The molecule has 0 aliphatic rings. The Kier molecular flexibility index (Phi) is 3.79. The minimum Gasteiger partial charge on any atom is -0.337 e. The van der Waals surface area contributed by atoms with Gasteiger partial charge in [-0.05, 0) is 19.9 Å². The zero-order chi connectivity index (χ0) is 12.3. The predicted molar refractivity (Wildman–Crippen MR) is 72.7 cm³/mol. The number of alkyl halides is 1. The van der Waals surface area contributed by atoms with Crippen molar-refractivity contribution in [2.24, 2.45) is 0 Å². The fraction of sp³-hybridized carbons (Fsp3) is 0.385. The van der Waals surface area contributed by atoms with Crippen LogP contribution in [0.4, 0.5) is 5.95 Å². The quantitative estimate of drug-likeness (QED) is 0.780. The molecule has 1 aromatic carbocycles. The van der Waals surface area contributed by atoms with Crippen LogP contribution in [0, 0.1) is 0 Å². The van der Waals surface area contributed by atoms with E-state index in [1.807, 2.05) is 30.5 Å². The molecule has 1 heterocycles. The Labute approximate surface area is 106 Å². The van der Waals surface area contributed by atoms with Crippen LogP contribution in [0.1, 0.15) is 13.8 Å². The fourth-order valence-electron chi connectivity index (χ4n) is 1.78. The average Bonchev–Trinajstić information content (AvgIpc) is 2.35. The number of anilines is 1. The minimum absolute atomic E-state index is 0.343. The Bertz CT molecular complexity index is 499. The largest absolute Gasteiger partial charge is 0.337 e. The molecule has 0 saturated carbocycles. The Morgan fingerprint density at radius 1 is 1.29 bits per heavy atom. The first-order valence-electron chi connectivity index (χ1n) is 5.77. The molecular weight excluding hydrogens is 234 g/mol. The van der Waals surface area contributed by atoms with E-state index in [2.05, 4.69) is 28.7 Å². The van der Waals surface area contributed by atoms with E-state index in [-0.39, 0.29) is 0 Å². The highest BCUT2D eigenvalue weighted by molar-refractivity contribution is 6.18. The Balaban J connectivity index is 2.40. The number of rotatable bonds is 4. The number of para-hydroxylation sites is 1. The van der Waals surface area contributed by atoms with Crippen LogP contribution in [0.3, 0.4) is 0 Å². The summed E-state index contributed by atoms with van der Waals surface area (Å²) in [5, 5.41) is 1.06. The summed E-state index contributed by atoms with van der Waals surface area (Å²) in [6.45, 7) is 4.99. The van der Waals surface area contributed by atoms with Crippen molar-refractivity contribution in [2.75, 3.05) is 17.3 Å². The number of hydrogen-bond donors (Lipinski definition) is 0. The second-order valence-electron chi connectivity index (χ2n) is 4.20. The lowest BCUT2D eigenvalue weighted by molar-refractivity contribution is 0.685. The van der Waals surface area contributed by atoms with Gasteiger partial charge in [0.1, 0.15) is 0 Å². The molecule has 0 radical (unpaired) electrons. The number of hydrogen-bond acceptors (Lipinski definition) is 3. The second-order valence-corrected chi connectivity index (χ2v) is 4.58. The second kappa shape index (κ2) is 5.32. The van der Waals surface area contributed by atoms with Crippen molar-refractivity contribution >= 4 is 28.5 Å². The van der Waals surface area contributed by atoms with Crippen LogP contribution in [0.15, 0.2) is 30.5 Å². The molecule has 17 heavy (non-hydrogen) atoms. The summed E-state index contributed by atoms with van der Waals surface area (Å²) in [5.74, 6) is 1.33. The molecular formula is C13H16ClN3. The summed E-state index contributed by atoms with van der Waals surface area (Å²) in [5.41, 5.74) is 0.970. The monoisotopic (exact) mass is 249 g/mol. The van der Waals surface area contributed by atoms with Crippen molar-refractivity contribution < 1.29 is 0 Å². The molecule has 0 atom stereocenters. The Morgan fingerprint density at radius 2 is 2.06 bits per heavy atom. The number of benzene rings is 1. The van der Waals surface area contributed by atoms with E-state index in [1.54, 1.807) is 0 Å². The lowest BCUT2D eigenvalue weighted by atomic mass is 10.2. The van der Waals surface area contributed by atoms with Gasteiger partial charge in [-0.15, -0.1) is 11.6 Å². The molecule has 2 aromatic rings. The van der Waals surface area contributed by atoms with Crippen LogP contribution in [-0.4, -0.2) is 28.4 Å². The summed E-state index contributed by atoms with van der Waals surface area (Å²) in [6, 6.07) is 8.33. The zero-order valence-electron chi connectivity index (χ0n) is 10.1. The third-order valence-corrected chi connectivity index (χ3v) is 2.85. The maximum absolute atomic E-state index is 5.81. The third kappa shape index (κ3) is 2.67. The molecule has 0 bridgehead atoms. The Morgan fingerprint density at radius 3 is 2.76 bits per heavy atom. The lowest BCUT2D eigenvalue weighted by Gasteiger charge is -2.25. The zero-order valence-corrected chi connectivity index (χ0v) is 10.9. The van der Waals surface area contributed by atoms with E-state index >= 15 is 0 Å². The molecule has 0 fully saturated rings. The van der Waals surface area contributed by atoms with E-state index in [1.165, 1.54) is 0 Å².